The molecule has 0 saturated heterocycles. The zero-order valence-corrected chi connectivity index (χ0v) is 11.7. The summed E-state index contributed by atoms with van der Waals surface area (Å²) in [6, 6.07) is 14.9. The van der Waals surface area contributed by atoms with Gasteiger partial charge in [0.15, 0.2) is 0 Å². The van der Waals surface area contributed by atoms with Gasteiger partial charge in [0.2, 0.25) is 3.79 Å². The quantitative estimate of drug-likeness (QED) is 0.581. The van der Waals surface area contributed by atoms with Crippen molar-refractivity contribution in [1.82, 2.24) is 0 Å². The fourth-order valence-corrected chi connectivity index (χ4v) is 2.32. The molecule has 0 N–H and O–H groups in total. The Hall–Kier alpha value is -0.400. The Labute approximate surface area is 120 Å². The SMILES string of the molecule is Clc1cccc(-c2ccccc2C(Cl)(Cl)Cl)c1. The van der Waals surface area contributed by atoms with Crippen molar-refractivity contribution in [3.05, 3.63) is 59.1 Å². The molecule has 88 valence electrons. The summed E-state index contributed by atoms with van der Waals surface area (Å²) in [4.78, 5) is 0. The van der Waals surface area contributed by atoms with Gasteiger partial charge in [-0.05, 0) is 23.3 Å². The monoisotopic (exact) mass is 304 g/mol. The predicted molar refractivity (Wildman–Crippen MR) is 76.1 cm³/mol. The van der Waals surface area contributed by atoms with Crippen LogP contribution >= 0.6 is 46.4 Å². The van der Waals surface area contributed by atoms with Gasteiger partial charge in [-0.2, -0.15) is 0 Å². The highest BCUT2D eigenvalue weighted by Gasteiger charge is 2.26. The van der Waals surface area contributed by atoms with Gasteiger partial charge in [-0.25, -0.2) is 0 Å². The molecule has 17 heavy (non-hydrogen) atoms. The first-order valence-corrected chi connectivity index (χ1v) is 6.42. The number of hydrogen-bond donors (Lipinski definition) is 0. The van der Waals surface area contributed by atoms with Crippen LogP contribution in [0.5, 0.6) is 0 Å². The van der Waals surface area contributed by atoms with Crippen molar-refractivity contribution >= 4 is 46.4 Å². The highest BCUT2D eigenvalue weighted by Crippen LogP contribution is 2.43. The standard InChI is InChI=1S/C13H8Cl4/c14-10-5-3-4-9(8-10)11-6-1-2-7-12(11)13(15,16)17/h1-8H. The molecule has 0 aliphatic heterocycles. The zero-order chi connectivity index (χ0) is 12.5. The Morgan fingerprint density at radius 3 is 2.18 bits per heavy atom. The molecule has 0 spiro atoms. The number of halogens is 4. The average Bonchev–Trinajstić information content (AvgIpc) is 2.28. The maximum atomic E-state index is 5.96. The van der Waals surface area contributed by atoms with Crippen LogP contribution in [0.1, 0.15) is 5.56 Å². The van der Waals surface area contributed by atoms with Crippen LogP contribution in [-0.2, 0) is 3.79 Å². The molecular weight excluding hydrogens is 298 g/mol. The molecule has 0 unspecified atom stereocenters. The summed E-state index contributed by atoms with van der Waals surface area (Å²) in [7, 11) is 0. The van der Waals surface area contributed by atoms with E-state index < -0.39 is 3.79 Å². The largest absolute Gasteiger partial charge is 0.216 e. The van der Waals surface area contributed by atoms with Crippen LogP contribution in [-0.4, -0.2) is 0 Å². The van der Waals surface area contributed by atoms with E-state index in [-0.39, 0.29) is 0 Å². The van der Waals surface area contributed by atoms with Gasteiger partial charge in [0, 0.05) is 10.6 Å². The van der Waals surface area contributed by atoms with Crippen LogP contribution < -0.4 is 0 Å². The van der Waals surface area contributed by atoms with E-state index in [0.717, 1.165) is 11.1 Å². The molecule has 0 amide bonds. The Bertz CT molecular complexity index is 529. The smallest absolute Gasteiger partial charge is 0.0843 e. The van der Waals surface area contributed by atoms with Crippen molar-refractivity contribution in [3.8, 4) is 11.1 Å². The molecule has 0 bridgehead atoms. The van der Waals surface area contributed by atoms with Crippen molar-refractivity contribution in [3.63, 3.8) is 0 Å². The van der Waals surface area contributed by atoms with Gasteiger partial charge in [0.25, 0.3) is 0 Å². The Morgan fingerprint density at radius 1 is 0.824 bits per heavy atom. The van der Waals surface area contributed by atoms with Crippen LogP contribution in [0.2, 0.25) is 5.02 Å². The summed E-state index contributed by atoms with van der Waals surface area (Å²) < 4.78 is -1.45. The molecule has 0 atom stereocenters. The van der Waals surface area contributed by atoms with E-state index in [1.54, 1.807) is 6.07 Å². The van der Waals surface area contributed by atoms with E-state index in [2.05, 4.69) is 0 Å². The molecule has 0 fully saturated rings. The molecule has 0 aromatic heterocycles. The maximum Gasteiger partial charge on any atom is 0.216 e. The fourth-order valence-electron chi connectivity index (χ4n) is 1.64. The van der Waals surface area contributed by atoms with Crippen molar-refractivity contribution in [2.75, 3.05) is 0 Å². The summed E-state index contributed by atoms with van der Waals surface area (Å²) in [5.41, 5.74) is 2.45. The second kappa shape index (κ2) is 5.07. The second-order valence-electron chi connectivity index (χ2n) is 3.55. The second-order valence-corrected chi connectivity index (χ2v) is 6.27. The molecule has 0 radical (unpaired) electrons. The molecule has 0 nitrogen and oxygen atoms in total. The van der Waals surface area contributed by atoms with Crippen LogP contribution in [0, 0.1) is 0 Å². The van der Waals surface area contributed by atoms with E-state index in [1.165, 1.54) is 0 Å². The summed E-state index contributed by atoms with van der Waals surface area (Å²) in [5, 5.41) is 0.654. The first-order chi connectivity index (χ1) is 7.98. The van der Waals surface area contributed by atoms with E-state index in [1.807, 2.05) is 42.5 Å². The lowest BCUT2D eigenvalue weighted by Crippen LogP contribution is -2.02. The van der Waals surface area contributed by atoms with Crippen LogP contribution in [0.4, 0.5) is 0 Å². The van der Waals surface area contributed by atoms with Gasteiger partial charge in [0.05, 0.1) is 0 Å². The molecule has 0 saturated carbocycles. The number of rotatable bonds is 1. The lowest BCUT2D eigenvalue weighted by Gasteiger charge is -2.16. The Morgan fingerprint density at radius 2 is 1.53 bits per heavy atom. The third-order valence-electron chi connectivity index (χ3n) is 2.37. The molecule has 4 heteroatoms. The van der Waals surface area contributed by atoms with Gasteiger partial charge in [-0.15, -0.1) is 0 Å². The van der Waals surface area contributed by atoms with Crippen LogP contribution in [0.25, 0.3) is 11.1 Å². The Balaban J connectivity index is 2.60. The fraction of sp³-hybridized carbons (Fsp3) is 0.0769. The van der Waals surface area contributed by atoms with E-state index in [0.29, 0.717) is 10.6 Å². The van der Waals surface area contributed by atoms with Crippen molar-refractivity contribution in [2.45, 2.75) is 3.79 Å². The van der Waals surface area contributed by atoms with Crippen LogP contribution in [0.15, 0.2) is 48.5 Å². The summed E-state index contributed by atoms with van der Waals surface area (Å²) in [6.45, 7) is 0. The highest BCUT2D eigenvalue weighted by molar-refractivity contribution is 6.67. The van der Waals surface area contributed by atoms with Gasteiger partial charge >= 0.3 is 0 Å². The van der Waals surface area contributed by atoms with E-state index in [4.69, 9.17) is 46.4 Å². The van der Waals surface area contributed by atoms with Crippen molar-refractivity contribution in [1.29, 1.82) is 0 Å². The normalized spacial score (nSPS) is 11.5. The molecule has 0 aliphatic rings. The summed E-state index contributed by atoms with van der Waals surface area (Å²) in [6.07, 6.45) is 0. The lowest BCUT2D eigenvalue weighted by atomic mass is 10.0. The first-order valence-electron chi connectivity index (χ1n) is 4.90. The van der Waals surface area contributed by atoms with E-state index >= 15 is 0 Å². The minimum Gasteiger partial charge on any atom is -0.0843 e. The van der Waals surface area contributed by atoms with Gasteiger partial charge in [0.1, 0.15) is 0 Å². The first kappa shape index (κ1) is 13.0. The zero-order valence-electron chi connectivity index (χ0n) is 8.63. The average molecular weight is 306 g/mol. The maximum absolute atomic E-state index is 5.96. The molecule has 2 aromatic rings. The number of alkyl halides is 3. The number of hydrogen-bond acceptors (Lipinski definition) is 0. The van der Waals surface area contributed by atoms with E-state index in [9.17, 15) is 0 Å². The van der Waals surface area contributed by atoms with Crippen LogP contribution in [0.3, 0.4) is 0 Å². The molecule has 0 heterocycles. The Kier molecular flexibility index (Phi) is 3.89. The van der Waals surface area contributed by atoms with Crippen molar-refractivity contribution < 1.29 is 0 Å². The minimum atomic E-state index is -1.45. The third kappa shape index (κ3) is 3.08. The lowest BCUT2D eigenvalue weighted by molar-refractivity contribution is 1.24. The molecule has 2 rings (SSSR count). The minimum absolute atomic E-state index is 0.646. The van der Waals surface area contributed by atoms with Crippen molar-refractivity contribution in [2.24, 2.45) is 0 Å². The van der Waals surface area contributed by atoms with Gasteiger partial charge in [-0.3, -0.25) is 0 Å². The summed E-state index contributed by atoms with van der Waals surface area (Å²) in [5.74, 6) is 0. The summed E-state index contributed by atoms with van der Waals surface area (Å²) >= 11 is 23.8. The topological polar surface area (TPSA) is 0 Å². The molecule has 0 aliphatic carbocycles. The van der Waals surface area contributed by atoms with Gasteiger partial charge < -0.3 is 0 Å². The predicted octanol–water partition coefficient (Wildman–Crippen LogP) is 5.83. The van der Waals surface area contributed by atoms with Gasteiger partial charge in [-0.1, -0.05) is 82.8 Å². The molecule has 2 aromatic carbocycles. The number of benzene rings is 2. The highest BCUT2D eigenvalue weighted by atomic mass is 35.6. The third-order valence-corrected chi connectivity index (χ3v) is 3.21. The molecular formula is C13H8Cl4.